The molecule has 3 heteroatoms. The van der Waals surface area contributed by atoms with Gasteiger partial charge in [0.15, 0.2) is 0 Å². The molecule has 1 N–H and O–H groups in total. The number of benzene rings is 1. The fourth-order valence-corrected chi connectivity index (χ4v) is 3.88. The summed E-state index contributed by atoms with van der Waals surface area (Å²) >= 11 is 6.31. The fraction of sp³-hybridized carbons (Fsp3) is 0.667. The maximum Gasteiger partial charge on any atom is 0.124 e. The monoisotopic (exact) mass is 311 g/mol. The van der Waals surface area contributed by atoms with Gasteiger partial charge in [-0.1, -0.05) is 50.8 Å². The Kier molecular flexibility index (Phi) is 6.50. The second kappa shape index (κ2) is 8.14. The van der Waals surface area contributed by atoms with Crippen molar-refractivity contribution in [2.24, 2.45) is 11.8 Å². The van der Waals surface area contributed by atoms with E-state index in [1.807, 2.05) is 6.07 Å². The van der Waals surface area contributed by atoms with Crippen molar-refractivity contribution in [2.45, 2.75) is 58.4 Å². The molecule has 3 unspecified atom stereocenters. The Hall–Kier alpha value is -0.600. The Morgan fingerprint density at radius 3 is 2.81 bits per heavy atom. The maximum atomic E-state index is 13.3. The SMILES string of the molecule is CCCNC(c1ccc(F)cc1Cl)C1CCCC(CC)C1. The Morgan fingerprint density at radius 2 is 2.14 bits per heavy atom. The zero-order valence-corrected chi connectivity index (χ0v) is 13.9. The molecule has 1 nitrogen and oxygen atoms in total. The van der Waals surface area contributed by atoms with Gasteiger partial charge >= 0.3 is 0 Å². The number of hydrogen-bond donors (Lipinski definition) is 1. The van der Waals surface area contributed by atoms with E-state index in [1.54, 1.807) is 0 Å². The lowest BCUT2D eigenvalue weighted by Gasteiger charge is -2.35. The molecule has 118 valence electrons. The van der Waals surface area contributed by atoms with Crippen LogP contribution in [-0.2, 0) is 0 Å². The first kappa shape index (κ1) is 16.8. The maximum absolute atomic E-state index is 13.3. The van der Waals surface area contributed by atoms with Crippen LogP contribution in [0.5, 0.6) is 0 Å². The zero-order valence-electron chi connectivity index (χ0n) is 13.2. The van der Waals surface area contributed by atoms with E-state index in [0.717, 1.165) is 24.4 Å². The standard InChI is InChI=1S/C18H27ClFN/c1-3-10-21-18(14-7-5-6-13(4-2)11-14)16-9-8-15(20)12-17(16)19/h8-9,12-14,18,21H,3-7,10-11H2,1-2H3. The third kappa shape index (κ3) is 4.43. The van der Waals surface area contributed by atoms with Gasteiger partial charge in [0.1, 0.15) is 5.82 Å². The lowest BCUT2D eigenvalue weighted by molar-refractivity contribution is 0.209. The minimum Gasteiger partial charge on any atom is -0.310 e. The normalized spacial score (nSPS) is 24.0. The number of hydrogen-bond acceptors (Lipinski definition) is 1. The van der Waals surface area contributed by atoms with Gasteiger partial charge in [-0.2, -0.15) is 0 Å². The van der Waals surface area contributed by atoms with E-state index in [4.69, 9.17) is 11.6 Å². The van der Waals surface area contributed by atoms with Crippen molar-refractivity contribution in [1.29, 1.82) is 0 Å². The van der Waals surface area contributed by atoms with Crippen molar-refractivity contribution in [1.82, 2.24) is 5.32 Å². The highest BCUT2D eigenvalue weighted by Gasteiger charge is 2.29. The largest absolute Gasteiger partial charge is 0.310 e. The Labute approximate surface area is 133 Å². The topological polar surface area (TPSA) is 12.0 Å². The lowest BCUT2D eigenvalue weighted by atomic mass is 9.75. The molecule has 1 aromatic carbocycles. The van der Waals surface area contributed by atoms with Gasteiger partial charge in [-0.15, -0.1) is 0 Å². The summed E-state index contributed by atoms with van der Waals surface area (Å²) in [4.78, 5) is 0. The molecule has 0 aromatic heterocycles. The summed E-state index contributed by atoms with van der Waals surface area (Å²) in [5.41, 5.74) is 1.06. The molecule has 0 aliphatic heterocycles. The summed E-state index contributed by atoms with van der Waals surface area (Å²) in [6.07, 6.45) is 7.50. The molecule has 0 saturated heterocycles. The second-order valence-electron chi connectivity index (χ2n) is 6.30. The molecule has 1 aliphatic rings. The summed E-state index contributed by atoms with van der Waals surface area (Å²) in [5.74, 6) is 1.18. The van der Waals surface area contributed by atoms with Gasteiger partial charge in [0, 0.05) is 11.1 Å². The van der Waals surface area contributed by atoms with E-state index in [9.17, 15) is 4.39 Å². The number of halogens is 2. The van der Waals surface area contributed by atoms with Crippen molar-refractivity contribution in [3.8, 4) is 0 Å². The van der Waals surface area contributed by atoms with E-state index in [2.05, 4.69) is 19.2 Å². The van der Waals surface area contributed by atoms with E-state index >= 15 is 0 Å². The molecule has 3 atom stereocenters. The van der Waals surface area contributed by atoms with Crippen molar-refractivity contribution in [3.63, 3.8) is 0 Å². The molecule has 0 amide bonds. The summed E-state index contributed by atoms with van der Waals surface area (Å²) < 4.78 is 13.3. The fourth-order valence-electron chi connectivity index (χ4n) is 3.59. The third-order valence-electron chi connectivity index (χ3n) is 4.78. The average Bonchev–Trinajstić information content (AvgIpc) is 2.49. The van der Waals surface area contributed by atoms with Gasteiger partial charge in [-0.05, 0) is 55.3 Å². The van der Waals surface area contributed by atoms with Crippen LogP contribution in [0.25, 0.3) is 0 Å². The quantitative estimate of drug-likeness (QED) is 0.706. The molecule has 1 aromatic rings. The van der Waals surface area contributed by atoms with Gasteiger partial charge in [0.2, 0.25) is 0 Å². The first-order chi connectivity index (χ1) is 10.2. The Morgan fingerprint density at radius 1 is 1.33 bits per heavy atom. The average molecular weight is 312 g/mol. The van der Waals surface area contributed by atoms with Crippen LogP contribution < -0.4 is 5.32 Å². The highest BCUT2D eigenvalue weighted by Crippen LogP contribution is 2.40. The molecule has 0 spiro atoms. The molecule has 1 aliphatic carbocycles. The van der Waals surface area contributed by atoms with Crippen molar-refractivity contribution < 1.29 is 4.39 Å². The third-order valence-corrected chi connectivity index (χ3v) is 5.11. The minimum atomic E-state index is -0.256. The van der Waals surface area contributed by atoms with Crippen LogP contribution in [-0.4, -0.2) is 6.54 Å². The first-order valence-corrected chi connectivity index (χ1v) is 8.71. The zero-order chi connectivity index (χ0) is 15.2. The van der Waals surface area contributed by atoms with Crippen molar-refractivity contribution >= 4 is 11.6 Å². The van der Waals surface area contributed by atoms with E-state index in [1.165, 1.54) is 44.2 Å². The van der Waals surface area contributed by atoms with Crippen LogP contribution in [0, 0.1) is 17.7 Å². The molecule has 0 bridgehead atoms. The van der Waals surface area contributed by atoms with Gasteiger partial charge in [0.25, 0.3) is 0 Å². The van der Waals surface area contributed by atoms with Crippen LogP contribution in [0.1, 0.15) is 64.0 Å². The van der Waals surface area contributed by atoms with Crippen LogP contribution in [0.3, 0.4) is 0 Å². The Bertz CT molecular complexity index is 449. The van der Waals surface area contributed by atoms with Crippen LogP contribution in [0.15, 0.2) is 18.2 Å². The summed E-state index contributed by atoms with van der Waals surface area (Å²) in [5, 5.41) is 4.21. The molecule has 2 rings (SSSR count). The van der Waals surface area contributed by atoms with Gasteiger partial charge in [-0.3, -0.25) is 0 Å². The second-order valence-corrected chi connectivity index (χ2v) is 6.71. The van der Waals surface area contributed by atoms with Crippen LogP contribution >= 0.6 is 11.6 Å². The summed E-state index contributed by atoms with van der Waals surface area (Å²) in [6.45, 7) is 5.43. The Balaban J connectivity index is 2.20. The number of nitrogens with one attached hydrogen (secondary N) is 1. The predicted octanol–water partition coefficient (Wildman–Crippen LogP) is 5.74. The molecule has 0 radical (unpaired) electrons. The van der Waals surface area contributed by atoms with Crippen LogP contribution in [0.2, 0.25) is 5.02 Å². The molecular formula is C18H27ClFN. The summed E-state index contributed by atoms with van der Waals surface area (Å²) in [6, 6.07) is 5.09. The van der Waals surface area contributed by atoms with Crippen molar-refractivity contribution in [3.05, 3.63) is 34.6 Å². The number of rotatable bonds is 6. The van der Waals surface area contributed by atoms with Crippen molar-refractivity contribution in [2.75, 3.05) is 6.54 Å². The highest BCUT2D eigenvalue weighted by atomic mass is 35.5. The van der Waals surface area contributed by atoms with Gasteiger partial charge < -0.3 is 5.32 Å². The van der Waals surface area contributed by atoms with E-state index in [0.29, 0.717) is 10.9 Å². The molecule has 21 heavy (non-hydrogen) atoms. The highest BCUT2D eigenvalue weighted by molar-refractivity contribution is 6.31. The predicted molar refractivity (Wildman–Crippen MR) is 88.2 cm³/mol. The first-order valence-electron chi connectivity index (χ1n) is 8.34. The van der Waals surface area contributed by atoms with E-state index in [-0.39, 0.29) is 11.9 Å². The molecule has 1 fully saturated rings. The minimum absolute atomic E-state index is 0.256. The molecular weight excluding hydrogens is 285 g/mol. The smallest absolute Gasteiger partial charge is 0.124 e. The van der Waals surface area contributed by atoms with Gasteiger partial charge in [0.05, 0.1) is 0 Å². The summed E-state index contributed by atoms with van der Waals surface area (Å²) in [7, 11) is 0. The van der Waals surface area contributed by atoms with Gasteiger partial charge in [-0.25, -0.2) is 4.39 Å². The van der Waals surface area contributed by atoms with Crippen LogP contribution in [0.4, 0.5) is 4.39 Å². The van der Waals surface area contributed by atoms with E-state index < -0.39 is 0 Å². The lowest BCUT2D eigenvalue weighted by Crippen LogP contribution is -2.32. The molecule has 0 heterocycles. The molecule has 1 saturated carbocycles.